The highest BCUT2D eigenvalue weighted by Gasteiger charge is 2.38. The van der Waals surface area contributed by atoms with Crippen molar-refractivity contribution in [1.82, 2.24) is 10.2 Å². The summed E-state index contributed by atoms with van der Waals surface area (Å²) in [4.78, 5) is 2.89. The molecule has 3 fully saturated rings. The van der Waals surface area contributed by atoms with Crippen molar-refractivity contribution in [3.05, 3.63) is 0 Å². The largest absolute Gasteiger partial charge is 0.312 e. The van der Waals surface area contributed by atoms with Crippen molar-refractivity contribution in [3.63, 3.8) is 0 Å². The van der Waals surface area contributed by atoms with Crippen LogP contribution in [0.4, 0.5) is 0 Å². The second-order valence-corrected chi connectivity index (χ2v) is 8.08. The van der Waals surface area contributed by atoms with E-state index in [9.17, 15) is 0 Å². The molecule has 0 spiro atoms. The lowest BCUT2D eigenvalue weighted by molar-refractivity contribution is 0.0286. The zero-order valence-electron chi connectivity index (χ0n) is 14.2. The lowest BCUT2D eigenvalue weighted by Crippen LogP contribution is -2.59. The highest BCUT2D eigenvalue weighted by molar-refractivity contribution is 4.97. The number of piperidine rings is 1. The van der Waals surface area contributed by atoms with Gasteiger partial charge in [0, 0.05) is 18.1 Å². The standard InChI is InChI=1S/C19H36N2/c1-17-10-4-5-11-18(17)20-16-19(12-6-2-7-13-19)21-14-8-3-9-15-21/h17-18,20H,2-16H2,1H3. The minimum Gasteiger partial charge on any atom is -0.312 e. The number of nitrogens with one attached hydrogen (secondary N) is 1. The molecule has 1 N–H and O–H groups in total. The van der Waals surface area contributed by atoms with E-state index in [0.29, 0.717) is 5.54 Å². The number of hydrogen-bond donors (Lipinski definition) is 1. The van der Waals surface area contributed by atoms with Crippen LogP contribution in [0.1, 0.15) is 84.0 Å². The molecule has 1 aliphatic heterocycles. The Balaban J connectivity index is 1.61. The van der Waals surface area contributed by atoms with Gasteiger partial charge in [0.05, 0.1) is 0 Å². The van der Waals surface area contributed by atoms with Crippen molar-refractivity contribution >= 4 is 0 Å². The Hall–Kier alpha value is -0.0800. The summed E-state index contributed by atoms with van der Waals surface area (Å²) in [6, 6.07) is 0.794. The van der Waals surface area contributed by atoms with E-state index in [1.165, 1.54) is 96.7 Å². The van der Waals surface area contributed by atoms with E-state index in [-0.39, 0.29) is 0 Å². The van der Waals surface area contributed by atoms with E-state index in [1.807, 2.05) is 0 Å². The fourth-order valence-electron chi connectivity index (χ4n) is 5.12. The molecule has 2 saturated carbocycles. The maximum atomic E-state index is 4.04. The van der Waals surface area contributed by atoms with Crippen LogP contribution in [0.5, 0.6) is 0 Å². The Morgan fingerprint density at radius 3 is 2.24 bits per heavy atom. The van der Waals surface area contributed by atoms with Gasteiger partial charge >= 0.3 is 0 Å². The first-order valence-corrected chi connectivity index (χ1v) is 9.79. The van der Waals surface area contributed by atoms with E-state index in [1.54, 1.807) is 0 Å². The van der Waals surface area contributed by atoms with E-state index in [0.717, 1.165) is 12.0 Å². The minimum absolute atomic E-state index is 0.510. The van der Waals surface area contributed by atoms with Gasteiger partial charge in [0.1, 0.15) is 0 Å². The van der Waals surface area contributed by atoms with Crippen molar-refractivity contribution in [2.45, 2.75) is 95.6 Å². The lowest BCUT2D eigenvalue weighted by atomic mass is 9.78. The van der Waals surface area contributed by atoms with Crippen LogP contribution in [0.25, 0.3) is 0 Å². The van der Waals surface area contributed by atoms with Gasteiger partial charge in [0.25, 0.3) is 0 Å². The predicted octanol–water partition coefficient (Wildman–Crippen LogP) is 4.34. The molecule has 2 atom stereocenters. The van der Waals surface area contributed by atoms with Crippen molar-refractivity contribution in [2.75, 3.05) is 19.6 Å². The van der Waals surface area contributed by atoms with Crippen LogP contribution < -0.4 is 5.32 Å². The summed E-state index contributed by atoms with van der Waals surface area (Å²) in [6.45, 7) is 6.46. The molecule has 0 aromatic carbocycles. The lowest BCUT2D eigenvalue weighted by Gasteiger charge is -2.49. The summed E-state index contributed by atoms with van der Waals surface area (Å²) in [5.41, 5.74) is 0.510. The molecule has 3 rings (SSSR count). The van der Waals surface area contributed by atoms with Gasteiger partial charge in [-0.05, 0) is 57.5 Å². The third-order valence-corrected chi connectivity index (χ3v) is 6.62. The normalized spacial score (nSPS) is 34.7. The van der Waals surface area contributed by atoms with Gasteiger partial charge < -0.3 is 5.32 Å². The molecule has 1 saturated heterocycles. The molecule has 2 unspecified atom stereocenters. The average molecular weight is 293 g/mol. The van der Waals surface area contributed by atoms with Crippen LogP contribution in [0.2, 0.25) is 0 Å². The number of hydrogen-bond acceptors (Lipinski definition) is 2. The topological polar surface area (TPSA) is 15.3 Å². The smallest absolute Gasteiger partial charge is 0.0334 e. The Morgan fingerprint density at radius 2 is 1.52 bits per heavy atom. The molecule has 0 aromatic rings. The minimum atomic E-state index is 0.510. The van der Waals surface area contributed by atoms with Gasteiger partial charge in [-0.2, -0.15) is 0 Å². The SMILES string of the molecule is CC1CCCCC1NCC1(N2CCCCC2)CCCCC1. The maximum Gasteiger partial charge on any atom is 0.0334 e. The Bertz CT molecular complexity index is 303. The summed E-state index contributed by atoms with van der Waals surface area (Å²) in [5.74, 6) is 0.890. The summed E-state index contributed by atoms with van der Waals surface area (Å²) in [7, 11) is 0. The molecule has 2 heteroatoms. The van der Waals surface area contributed by atoms with Crippen molar-refractivity contribution in [2.24, 2.45) is 5.92 Å². The molecule has 122 valence electrons. The predicted molar refractivity (Wildman–Crippen MR) is 90.7 cm³/mol. The van der Waals surface area contributed by atoms with Gasteiger partial charge in [-0.3, -0.25) is 4.90 Å². The molecule has 0 aromatic heterocycles. The zero-order chi connectivity index (χ0) is 14.5. The molecule has 2 aliphatic carbocycles. The Kier molecular flexibility index (Phi) is 5.61. The third-order valence-electron chi connectivity index (χ3n) is 6.62. The van der Waals surface area contributed by atoms with Gasteiger partial charge in [-0.25, -0.2) is 0 Å². The average Bonchev–Trinajstić information content (AvgIpc) is 2.56. The number of likely N-dealkylation sites (tertiary alicyclic amines) is 1. The van der Waals surface area contributed by atoms with Crippen LogP contribution in [0, 0.1) is 5.92 Å². The number of nitrogens with zero attached hydrogens (tertiary/aromatic N) is 1. The van der Waals surface area contributed by atoms with Gasteiger partial charge in [-0.15, -0.1) is 0 Å². The van der Waals surface area contributed by atoms with Crippen LogP contribution in [0.3, 0.4) is 0 Å². The molecule has 21 heavy (non-hydrogen) atoms. The van der Waals surface area contributed by atoms with Crippen molar-refractivity contribution < 1.29 is 0 Å². The Labute approximate surface area is 132 Å². The second-order valence-electron chi connectivity index (χ2n) is 8.08. The molecular formula is C19H36N2. The van der Waals surface area contributed by atoms with E-state index in [4.69, 9.17) is 0 Å². The Morgan fingerprint density at radius 1 is 0.857 bits per heavy atom. The fraction of sp³-hybridized carbons (Fsp3) is 1.00. The molecule has 1 heterocycles. The third kappa shape index (κ3) is 3.82. The van der Waals surface area contributed by atoms with Gasteiger partial charge in [0.2, 0.25) is 0 Å². The molecule has 0 bridgehead atoms. The zero-order valence-corrected chi connectivity index (χ0v) is 14.2. The second kappa shape index (κ2) is 7.46. The molecular weight excluding hydrogens is 256 g/mol. The highest BCUT2D eigenvalue weighted by Crippen LogP contribution is 2.36. The summed E-state index contributed by atoms with van der Waals surface area (Å²) in [5, 5.41) is 4.04. The maximum absolute atomic E-state index is 4.04. The summed E-state index contributed by atoms with van der Waals surface area (Å²) in [6.07, 6.45) is 17.3. The molecule has 0 amide bonds. The molecule has 2 nitrogen and oxygen atoms in total. The summed E-state index contributed by atoms with van der Waals surface area (Å²) < 4.78 is 0. The number of rotatable bonds is 4. The van der Waals surface area contributed by atoms with Crippen LogP contribution >= 0.6 is 0 Å². The monoisotopic (exact) mass is 292 g/mol. The van der Waals surface area contributed by atoms with Crippen LogP contribution in [-0.4, -0.2) is 36.1 Å². The first-order chi connectivity index (χ1) is 10.3. The van der Waals surface area contributed by atoms with E-state index in [2.05, 4.69) is 17.1 Å². The molecule has 3 aliphatic rings. The van der Waals surface area contributed by atoms with Gasteiger partial charge in [-0.1, -0.05) is 45.4 Å². The fourth-order valence-corrected chi connectivity index (χ4v) is 5.12. The van der Waals surface area contributed by atoms with Gasteiger partial charge in [0.15, 0.2) is 0 Å². The van der Waals surface area contributed by atoms with E-state index >= 15 is 0 Å². The highest BCUT2D eigenvalue weighted by atomic mass is 15.2. The summed E-state index contributed by atoms with van der Waals surface area (Å²) >= 11 is 0. The first kappa shape index (κ1) is 15.8. The van der Waals surface area contributed by atoms with Crippen LogP contribution in [-0.2, 0) is 0 Å². The van der Waals surface area contributed by atoms with Crippen molar-refractivity contribution in [3.8, 4) is 0 Å². The molecule has 0 radical (unpaired) electrons. The van der Waals surface area contributed by atoms with E-state index < -0.39 is 0 Å². The van der Waals surface area contributed by atoms with Crippen LogP contribution in [0.15, 0.2) is 0 Å². The first-order valence-electron chi connectivity index (χ1n) is 9.79. The quantitative estimate of drug-likeness (QED) is 0.829. The van der Waals surface area contributed by atoms with Crippen molar-refractivity contribution in [1.29, 1.82) is 0 Å².